The van der Waals surface area contributed by atoms with Crippen LogP contribution in [0.25, 0.3) is 0 Å². The maximum absolute atomic E-state index is 10.5. The minimum absolute atomic E-state index is 0. The van der Waals surface area contributed by atoms with Gasteiger partial charge in [0.2, 0.25) is 0 Å². The Labute approximate surface area is 94.7 Å². The summed E-state index contributed by atoms with van der Waals surface area (Å²) in [5, 5.41) is 12.9. The van der Waals surface area contributed by atoms with E-state index in [2.05, 4.69) is 5.10 Å². The number of hydrogen-bond acceptors (Lipinski definition) is 3. The van der Waals surface area contributed by atoms with Gasteiger partial charge in [0, 0.05) is 19.2 Å². The van der Waals surface area contributed by atoms with Gasteiger partial charge >= 0.3 is 5.97 Å². The van der Waals surface area contributed by atoms with Gasteiger partial charge in [-0.1, -0.05) is 0 Å². The van der Waals surface area contributed by atoms with Crippen LogP contribution in [0.5, 0.6) is 0 Å². The molecule has 1 heterocycles. The molecule has 86 valence electrons. The second-order valence-corrected chi connectivity index (χ2v) is 3.24. The topological polar surface area (TPSA) is 81.1 Å². The summed E-state index contributed by atoms with van der Waals surface area (Å²) in [6.45, 7) is 4.62. The predicted molar refractivity (Wildman–Crippen MR) is 59.2 cm³/mol. The van der Waals surface area contributed by atoms with Gasteiger partial charge in [-0.2, -0.15) is 5.10 Å². The van der Waals surface area contributed by atoms with Crippen LogP contribution in [0.2, 0.25) is 0 Å². The molecule has 0 bridgehead atoms. The number of carboxylic acid groups (broad SMARTS) is 1. The molecule has 1 rings (SSSR count). The van der Waals surface area contributed by atoms with Crippen molar-refractivity contribution >= 4 is 18.4 Å². The molecule has 1 atom stereocenters. The van der Waals surface area contributed by atoms with Gasteiger partial charge in [0.15, 0.2) is 0 Å². The molecule has 0 spiro atoms. The quantitative estimate of drug-likeness (QED) is 0.798. The minimum Gasteiger partial charge on any atom is -0.480 e. The van der Waals surface area contributed by atoms with Gasteiger partial charge in [0.05, 0.1) is 5.69 Å². The van der Waals surface area contributed by atoms with Gasteiger partial charge in [-0.05, 0) is 19.4 Å². The fourth-order valence-electron chi connectivity index (χ4n) is 1.25. The van der Waals surface area contributed by atoms with E-state index < -0.39 is 12.0 Å². The first-order chi connectivity index (χ1) is 6.54. The Bertz CT molecular complexity index is 338. The zero-order chi connectivity index (χ0) is 10.7. The van der Waals surface area contributed by atoms with Crippen LogP contribution in [-0.4, -0.2) is 26.9 Å². The summed E-state index contributed by atoms with van der Waals surface area (Å²) in [4.78, 5) is 10.5. The van der Waals surface area contributed by atoms with E-state index in [1.165, 1.54) is 0 Å². The monoisotopic (exact) mass is 233 g/mol. The average molecular weight is 234 g/mol. The number of carboxylic acids is 1. The second kappa shape index (κ2) is 5.72. The molecule has 1 aromatic heterocycles. The number of aliphatic carboxylic acids is 1. The molecule has 0 aliphatic heterocycles. The number of nitrogens with zero attached hydrogens (tertiary/aromatic N) is 2. The van der Waals surface area contributed by atoms with Gasteiger partial charge in [-0.3, -0.25) is 9.48 Å². The van der Waals surface area contributed by atoms with Gasteiger partial charge in [-0.25, -0.2) is 0 Å². The summed E-state index contributed by atoms with van der Waals surface area (Å²) in [5.74, 6) is -0.978. The van der Waals surface area contributed by atoms with Gasteiger partial charge in [0.25, 0.3) is 0 Å². The van der Waals surface area contributed by atoms with Gasteiger partial charge in [-0.15, -0.1) is 12.4 Å². The molecule has 0 aliphatic rings. The maximum Gasteiger partial charge on any atom is 0.320 e. The largest absolute Gasteiger partial charge is 0.480 e. The van der Waals surface area contributed by atoms with Crippen LogP contribution < -0.4 is 5.73 Å². The van der Waals surface area contributed by atoms with Crippen molar-refractivity contribution in [3.8, 4) is 0 Å². The van der Waals surface area contributed by atoms with Crippen LogP contribution in [0, 0.1) is 6.92 Å². The number of aromatic nitrogens is 2. The number of aryl methyl sites for hydroxylation is 2. The summed E-state index contributed by atoms with van der Waals surface area (Å²) < 4.78 is 1.78. The van der Waals surface area contributed by atoms with E-state index in [-0.39, 0.29) is 12.4 Å². The molecule has 1 aromatic rings. The molecular formula is C9H16ClN3O2. The number of halogens is 1. The highest BCUT2D eigenvalue weighted by Crippen LogP contribution is 2.07. The van der Waals surface area contributed by atoms with Crippen LogP contribution in [0.3, 0.4) is 0 Å². The summed E-state index contributed by atoms with van der Waals surface area (Å²) >= 11 is 0. The van der Waals surface area contributed by atoms with Crippen molar-refractivity contribution in [1.29, 1.82) is 0 Å². The molecule has 0 fully saturated rings. The Morgan fingerprint density at radius 2 is 2.33 bits per heavy atom. The van der Waals surface area contributed by atoms with Crippen LogP contribution in [0.4, 0.5) is 0 Å². The van der Waals surface area contributed by atoms with Crippen molar-refractivity contribution in [1.82, 2.24) is 9.78 Å². The van der Waals surface area contributed by atoms with Crippen LogP contribution in [0.15, 0.2) is 6.20 Å². The number of carbonyl (C=O) groups is 1. The van der Waals surface area contributed by atoms with E-state index in [9.17, 15) is 4.79 Å². The molecule has 6 heteroatoms. The second-order valence-electron chi connectivity index (χ2n) is 3.24. The minimum atomic E-state index is -0.978. The van der Waals surface area contributed by atoms with E-state index in [1.54, 1.807) is 4.68 Å². The van der Waals surface area contributed by atoms with Crippen molar-refractivity contribution in [2.45, 2.75) is 32.9 Å². The molecule has 0 amide bonds. The van der Waals surface area contributed by atoms with Crippen molar-refractivity contribution in [3.63, 3.8) is 0 Å². The van der Waals surface area contributed by atoms with Crippen molar-refractivity contribution in [3.05, 3.63) is 17.5 Å². The van der Waals surface area contributed by atoms with E-state index in [0.717, 1.165) is 17.8 Å². The van der Waals surface area contributed by atoms with E-state index >= 15 is 0 Å². The predicted octanol–water partition coefficient (Wildman–Crippen LogP) is 0.588. The van der Waals surface area contributed by atoms with Crippen LogP contribution in [0.1, 0.15) is 18.2 Å². The highest BCUT2D eigenvalue weighted by atomic mass is 35.5. The first-order valence-corrected chi connectivity index (χ1v) is 4.56. The lowest BCUT2D eigenvalue weighted by molar-refractivity contribution is -0.138. The number of nitrogens with two attached hydrogens (primary N) is 1. The van der Waals surface area contributed by atoms with Crippen molar-refractivity contribution in [2.75, 3.05) is 0 Å². The standard InChI is InChI=1S/C9H15N3O2.ClH/c1-3-12-5-7(6(2)11-12)4-8(10)9(13)14;/h5,8H,3-4,10H2,1-2H3,(H,13,14);1H. The molecule has 0 radical (unpaired) electrons. The summed E-state index contributed by atoms with van der Waals surface area (Å²) in [7, 11) is 0. The van der Waals surface area contributed by atoms with Gasteiger partial charge in [0.1, 0.15) is 6.04 Å². The molecule has 0 aliphatic carbocycles. The van der Waals surface area contributed by atoms with E-state index in [0.29, 0.717) is 6.42 Å². The molecular weight excluding hydrogens is 218 g/mol. The smallest absolute Gasteiger partial charge is 0.320 e. The normalized spacial score (nSPS) is 11.9. The zero-order valence-corrected chi connectivity index (χ0v) is 9.62. The van der Waals surface area contributed by atoms with Crippen molar-refractivity contribution in [2.24, 2.45) is 5.73 Å². The number of hydrogen-bond donors (Lipinski definition) is 2. The lowest BCUT2D eigenvalue weighted by atomic mass is 10.1. The Hall–Kier alpha value is -1.07. The van der Waals surface area contributed by atoms with E-state index in [4.69, 9.17) is 10.8 Å². The Balaban J connectivity index is 0.00000196. The molecule has 0 saturated heterocycles. The lowest BCUT2D eigenvalue weighted by Crippen LogP contribution is -2.32. The summed E-state index contributed by atoms with van der Waals surface area (Å²) in [5.41, 5.74) is 7.19. The molecule has 0 saturated carbocycles. The van der Waals surface area contributed by atoms with Crippen LogP contribution >= 0.6 is 12.4 Å². The third-order valence-corrected chi connectivity index (χ3v) is 2.13. The summed E-state index contributed by atoms with van der Waals surface area (Å²) in [6.07, 6.45) is 2.18. The molecule has 1 unspecified atom stereocenters. The van der Waals surface area contributed by atoms with E-state index in [1.807, 2.05) is 20.0 Å². The van der Waals surface area contributed by atoms with Crippen molar-refractivity contribution < 1.29 is 9.90 Å². The highest BCUT2D eigenvalue weighted by molar-refractivity contribution is 5.85. The highest BCUT2D eigenvalue weighted by Gasteiger charge is 2.15. The molecule has 0 aromatic carbocycles. The fourth-order valence-corrected chi connectivity index (χ4v) is 1.25. The summed E-state index contributed by atoms with van der Waals surface area (Å²) in [6, 6.07) is -0.844. The molecule has 3 N–H and O–H groups in total. The third-order valence-electron chi connectivity index (χ3n) is 2.13. The Morgan fingerprint density at radius 3 is 2.73 bits per heavy atom. The SMILES string of the molecule is CCn1cc(CC(N)C(=O)O)c(C)n1.Cl. The average Bonchev–Trinajstić information content (AvgIpc) is 2.47. The first kappa shape index (κ1) is 13.9. The zero-order valence-electron chi connectivity index (χ0n) is 8.80. The number of rotatable bonds is 4. The maximum atomic E-state index is 10.5. The third kappa shape index (κ3) is 3.53. The lowest BCUT2D eigenvalue weighted by Gasteiger charge is -2.03. The Morgan fingerprint density at radius 1 is 1.73 bits per heavy atom. The fraction of sp³-hybridized carbons (Fsp3) is 0.556. The molecule has 15 heavy (non-hydrogen) atoms. The van der Waals surface area contributed by atoms with Crippen LogP contribution in [-0.2, 0) is 17.8 Å². The molecule has 5 nitrogen and oxygen atoms in total. The van der Waals surface area contributed by atoms with Gasteiger partial charge < -0.3 is 10.8 Å². The first-order valence-electron chi connectivity index (χ1n) is 4.56. The Kier molecular flexibility index (Phi) is 5.32.